The first-order valence-electron chi connectivity index (χ1n) is 5.47. The highest BCUT2D eigenvalue weighted by atomic mass is 35.5. The highest BCUT2D eigenvalue weighted by molar-refractivity contribution is 6.17. The zero-order valence-corrected chi connectivity index (χ0v) is 10.1. The third-order valence-corrected chi connectivity index (χ3v) is 2.99. The van der Waals surface area contributed by atoms with Crippen LogP contribution in [-0.4, -0.2) is 4.98 Å². The molecule has 4 heteroatoms. The zero-order chi connectivity index (χ0) is 12.5. The lowest BCUT2D eigenvalue weighted by Crippen LogP contribution is -1.81. The van der Waals surface area contributed by atoms with Crippen molar-refractivity contribution in [1.82, 2.24) is 4.98 Å². The van der Waals surface area contributed by atoms with E-state index < -0.39 is 0 Å². The molecule has 3 aromatic rings. The van der Waals surface area contributed by atoms with Crippen molar-refractivity contribution in [2.45, 2.75) is 5.88 Å². The summed E-state index contributed by atoms with van der Waals surface area (Å²) in [7, 11) is 0. The van der Waals surface area contributed by atoms with Crippen molar-refractivity contribution in [3.05, 3.63) is 53.8 Å². The second-order valence-corrected chi connectivity index (χ2v) is 4.23. The van der Waals surface area contributed by atoms with Gasteiger partial charge in [-0.3, -0.25) is 0 Å². The molecule has 1 heterocycles. The van der Waals surface area contributed by atoms with Gasteiger partial charge in [0, 0.05) is 17.5 Å². The molecule has 90 valence electrons. The van der Waals surface area contributed by atoms with Gasteiger partial charge in [0.05, 0.1) is 0 Å². The number of rotatable bonds is 2. The molecule has 0 saturated heterocycles. The normalized spacial score (nSPS) is 11.0. The van der Waals surface area contributed by atoms with Crippen LogP contribution < -0.4 is 0 Å². The van der Waals surface area contributed by atoms with Crippen LogP contribution in [0.1, 0.15) is 5.56 Å². The van der Waals surface area contributed by atoms with E-state index in [2.05, 4.69) is 4.98 Å². The maximum Gasteiger partial charge on any atom is 0.227 e. The summed E-state index contributed by atoms with van der Waals surface area (Å²) >= 11 is 5.79. The molecule has 0 bridgehead atoms. The Hall–Kier alpha value is -1.87. The minimum absolute atomic E-state index is 0.322. The molecule has 2 aromatic carbocycles. The second-order valence-electron chi connectivity index (χ2n) is 3.97. The number of aromatic nitrogens is 1. The minimum Gasteiger partial charge on any atom is -0.436 e. The summed E-state index contributed by atoms with van der Waals surface area (Å²) in [4.78, 5) is 4.27. The van der Waals surface area contributed by atoms with Crippen LogP contribution >= 0.6 is 11.6 Å². The second kappa shape index (κ2) is 4.42. The van der Waals surface area contributed by atoms with Gasteiger partial charge in [0.15, 0.2) is 5.58 Å². The molecule has 0 atom stereocenters. The van der Waals surface area contributed by atoms with Gasteiger partial charge in [0.25, 0.3) is 0 Å². The van der Waals surface area contributed by atoms with Crippen LogP contribution in [0.15, 0.2) is 46.9 Å². The molecular formula is C14H9ClFNO. The fourth-order valence-electron chi connectivity index (χ4n) is 1.81. The van der Waals surface area contributed by atoms with Gasteiger partial charge in [0.1, 0.15) is 11.3 Å². The van der Waals surface area contributed by atoms with Crippen molar-refractivity contribution < 1.29 is 8.81 Å². The number of hydrogen-bond acceptors (Lipinski definition) is 2. The Morgan fingerprint density at radius 1 is 1.17 bits per heavy atom. The van der Waals surface area contributed by atoms with E-state index in [0.29, 0.717) is 22.9 Å². The Balaban J connectivity index is 2.13. The van der Waals surface area contributed by atoms with E-state index in [1.54, 1.807) is 6.07 Å². The third-order valence-electron chi connectivity index (χ3n) is 2.68. The van der Waals surface area contributed by atoms with E-state index in [-0.39, 0.29) is 5.82 Å². The van der Waals surface area contributed by atoms with Crippen molar-refractivity contribution in [3.8, 4) is 11.5 Å². The number of fused-ring (bicyclic) bond motifs is 1. The molecule has 0 fully saturated rings. The molecule has 0 N–H and O–H groups in total. The predicted octanol–water partition coefficient (Wildman–Crippen LogP) is 4.37. The average Bonchev–Trinajstić information content (AvgIpc) is 2.81. The Labute approximate surface area is 108 Å². The molecule has 0 aliphatic heterocycles. The fourth-order valence-corrected chi connectivity index (χ4v) is 1.98. The summed E-state index contributed by atoms with van der Waals surface area (Å²) in [6, 6.07) is 11.9. The minimum atomic E-state index is -0.322. The Bertz CT molecular complexity index is 708. The van der Waals surface area contributed by atoms with Gasteiger partial charge in [-0.15, -0.1) is 11.6 Å². The topological polar surface area (TPSA) is 26.0 Å². The number of alkyl halides is 1. The largest absolute Gasteiger partial charge is 0.436 e. The number of halogens is 2. The number of nitrogens with zero attached hydrogens (tertiary/aromatic N) is 1. The predicted molar refractivity (Wildman–Crippen MR) is 69.0 cm³/mol. The van der Waals surface area contributed by atoms with Crippen molar-refractivity contribution in [2.24, 2.45) is 0 Å². The van der Waals surface area contributed by atoms with Crippen LogP contribution in [0.2, 0.25) is 0 Å². The van der Waals surface area contributed by atoms with Crippen molar-refractivity contribution in [2.75, 3.05) is 0 Å². The standard InChI is InChI=1S/C14H9ClFNO/c15-8-9-2-1-3-10(6-9)14-17-12-7-11(16)4-5-13(12)18-14/h1-7H,8H2. The smallest absolute Gasteiger partial charge is 0.227 e. The van der Waals surface area contributed by atoms with Gasteiger partial charge in [-0.2, -0.15) is 0 Å². The lowest BCUT2D eigenvalue weighted by atomic mass is 10.1. The average molecular weight is 262 g/mol. The fraction of sp³-hybridized carbons (Fsp3) is 0.0714. The van der Waals surface area contributed by atoms with E-state index in [9.17, 15) is 4.39 Å². The summed E-state index contributed by atoms with van der Waals surface area (Å²) in [6.45, 7) is 0. The monoisotopic (exact) mass is 261 g/mol. The molecule has 0 amide bonds. The van der Waals surface area contributed by atoms with Crippen LogP contribution in [-0.2, 0) is 5.88 Å². The highest BCUT2D eigenvalue weighted by Crippen LogP contribution is 2.25. The summed E-state index contributed by atoms with van der Waals surface area (Å²) in [6.07, 6.45) is 0. The van der Waals surface area contributed by atoms with E-state index in [1.807, 2.05) is 24.3 Å². The first-order chi connectivity index (χ1) is 8.76. The molecule has 0 aliphatic carbocycles. The lowest BCUT2D eigenvalue weighted by Gasteiger charge is -1.97. The Morgan fingerprint density at radius 2 is 2.06 bits per heavy atom. The molecule has 0 unspecified atom stereocenters. The molecule has 0 saturated carbocycles. The van der Waals surface area contributed by atoms with Crippen LogP contribution in [0.4, 0.5) is 4.39 Å². The van der Waals surface area contributed by atoms with E-state index in [4.69, 9.17) is 16.0 Å². The SMILES string of the molecule is Fc1ccc2oc(-c3cccc(CCl)c3)nc2c1. The number of hydrogen-bond donors (Lipinski definition) is 0. The van der Waals surface area contributed by atoms with Gasteiger partial charge in [-0.05, 0) is 29.8 Å². The van der Waals surface area contributed by atoms with Crippen molar-refractivity contribution >= 4 is 22.7 Å². The summed E-state index contributed by atoms with van der Waals surface area (Å²) in [5, 5.41) is 0. The maximum atomic E-state index is 13.1. The van der Waals surface area contributed by atoms with Crippen molar-refractivity contribution in [3.63, 3.8) is 0 Å². The van der Waals surface area contributed by atoms with E-state index in [0.717, 1.165) is 11.1 Å². The molecule has 18 heavy (non-hydrogen) atoms. The van der Waals surface area contributed by atoms with Crippen LogP contribution in [0, 0.1) is 5.82 Å². The van der Waals surface area contributed by atoms with Gasteiger partial charge in [-0.25, -0.2) is 9.37 Å². The first kappa shape index (κ1) is 11.2. The molecule has 0 radical (unpaired) electrons. The molecule has 0 aliphatic rings. The molecule has 1 aromatic heterocycles. The van der Waals surface area contributed by atoms with Gasteiger partial charge in [-0.1, -0.05) is 12.1 Å². The summed E-state index contributed by atoms with van der Waals surface area (Å²) in [5.41, 5.74) is 2.91. The Morgan fingerprint density at radius 3 is 2.89 bits per heavy atom. The molecule has 0 spiro atoms. The maximum absolute atomic E-state index is 13.1. The number of benzene rings is 2. The summed E-state index contributed by atoms with van der Waals surface area (Å²) < 4.78 is 18.7. The van der Waals surface area contributed by atoms with Crippen LogP contribution in [0.5, 0.6) is 0 Å². The molecule has 3 rings (SSSR count). The van der Waals surface area contributed by atoms with Crippen molar-refractivity contribution in [1.29, 1.82) is 0 Å². The van der Waals surface area contributed by atoms with Gasteiger partial charge >= 0.3 is 0 Å². The lowest BCUT2D eigenvalue weighted by molar-refractivity contribution is 0.614. The first-order valence-corrected chi connectivity index (χ1v) is 6.01. The molecular weight excluding hydrogens is 253 g/mol. The van der Waals surface area contributed by atoms with E-state index in [1.165, 1.54) is 12.1 Å². The summed E-state index contributed by atoms with van der Waals surface area (Å²) in [5.74, 6) is 0.585. The van der Waals surface area contributed by atoms with E-state index >= 15 is 0 Å². The number of oxazole rings is 1. The van der Waals surface area contributed by atoms with Crippen LogP contribution in [0.25, 0.3) is 22.6 Å². The van der Waals surface area contributed by atoms with Crippen LogP contribution in [0.3, 0.4) is 0 Å². The zero-order valence-electron chi connectivity index (χ0n) is 9.36. The Kier molecular flexibility index (Phi) is 2.76. The third kappa shape index (κ3) is 1.97. The highest BCUT2D eigenvalue weighted by Gasteiger charge is 2.09. The molecule has 2 nitrogen and oxygen atoms in total. The van der Waals surface area contributed by atoms with Gasteiger partial charge < -0.3 is 4.42 Å². The van der Waals surface area contributed by atoms with Gasteiger partial charge in [0.2, 0.25) is 5.89 Å². The quantitative estimate of drug-likeness (QED) is 0.640.